The third kappa shape index (κ3) is 7.03. The Labute approximate surface area is 184 Å². The first-order valence-corrected chi connectivity index (χ1v) is 12.5. The highest BCUT2D eigenvalue weighted by atomic mass is 79.9. The van der Waals surface area contributed by atoms with E-state index < -0.39 is 0 Å². The van der Waals surface area contributed by atoms with Crippen LogP contribution in [0, 0.1) is 0 Å². The van der Waals surface area contributed by atoms with Gasteiger partial charge in [0.1, 0.15) is 14.2 Å². The van der Waals surface area contributed by atoms with Crippen molar-refractivity contribution < 1.29 is 14.5 Å². The van der Waals surface area contributed by atoms with Crippen molar-refractivity contribution in [3.05, 3.63) is 59.7 Å². The maximum Gasteiger partial charge on any atom is 0.141 e. The fourth-order valence-corrected chi connectivity index (χ4v) is 4.89. The predicted octanol–water partition coefficient (Wildman–Crippen LogP) is 5.58. The van der Waals surface area contributed by atoms with Gasteiger partial charge in [0.05, 0.1) is 19.7 Å². The lowest BCUT2D eigenvalue weighted by Gasteiger charge is -2.35. The summed E-state index contributed by atoms with van der Waals surface area (Å²) in [5.41, 5.74) is 5.39. The fraction of sp³-hybridized carbons (Fsp3) is 0.400. The summed E-state index contributed by atoms with van der Waals surface area (Å²) in [6.45, 7) is 6.33. The van der Waals surface area contributed by atoms with E-state index in [9.17, 15) is 0 Å². The zero-order chi connectivity index (χ0) is 20.4. The summed E-state index contributed by atoms with van der Waals surface area (Å²) in [5.74, 6) is 0. The number of hydrogen-bond donors (Lipinski definition) is 1. The van der Waals surface area contributed by atoms with Gasteiger partial charge < -0.3 is 0 Å². The monoisotopic (exact) mass is 486 g/mol. The first kappa shape index (κ1) is 23.7. The smallest absolute Gasteiger partial charge is 0.141 e. The van der Waals surface area contributed by atoms with Crippen molar-refractivity contribution in [2.45, 2.75) is 35.6 Å². The minimum Gasteiger partial charge on any atom is -0.247 e. The van der Waals surface area contributed by atoms with Gasteiger partial charge in [-0.3, -0.25) is 0 Å². The number of benzene rings is 2. The number of quaternary nitrogens is 1. The van der Waals surface area contributed by atoms with Crippen LogP contribution < -0.4 is 5.59 Å². The van der Waals surface area contributed by atoms with Crippen molar-refractivity contribution in [2.24, 2.45) is 0 Å². The minimum absolute atomic E-state index is 0.0748. The molecule has 0 spiro atoms. The quantitative estimate of drug-likeness (QED) is 0.182. The third-order valence-corrected chi connectivity index (χ3v) is 7.40. The van der Waals surface area contributed by atoms with Crippen molar-refractivity contribution in [3.8, 4) is 0 Å². The normalized spacial score (nSPS) is 13.6. The fourth-order valence-electron chi connectivity index (χ4n) is 2.58. The van der Waals surface area contributed by atoms with E-state index in [0.717, 1.165) is 24.0 Å². The van der Waals surface area contributed by atoms with E-state index in [1.807, 2.05) is 7.05 Å². The SMILES string of the molecule is CCN(CC)[N+](C)(NOCc1ccc(SSc2ccc(CBr)cc2)cc1)OC. The van der Waals surface area contributed by atoms with Gasteiger partial charge in [-0.2, -0.15) is 4.84 Å². The molecule has 8 heteroatoms. The molecule has 28 heavy (non-hydrogen) atoms. The van der Waals surface area contributed by atoms with Crippen molar-refractivity contribution in [3.63, 3.8) is 0 Å². The highest BCUT2D eigenvalue weighted by molar-refractivity contribution is 9.08. The summed E-state index contributed by atoms with van der Waals surface area (Å²) >= 11 is 3.47. The first-order valence-electron chi connectivity index (χ1n) is 9.19. The van der Waals surface area contributed by atoms with E-state index in [4.69, 9.17) is 9.68 Å². The molecular formula is C20H29BrN3O2S2+. The van der Waals surface area contributed by atoms with Gasteiger partial charge in [-0.1, -0.05) is 61.8 Å². The molecule has 0 amide bonds. The predicted molar refractivity (Wildman–Crippen MR) is 121 cm³/mol. The van der Waals surface area contributed by atoms with Gasteiger partial charge >= 0.3 is 0 Å². The van der Waals surface area contributed by atoms with E-state index >= 15 is 0 Å². The molecule has 0 aliphatic rings. The molecule has 154 valence electrons. The number of alkyl halides is 1. The Morgan fingerprint density at radius 1 is 0.929 bits per heavy atom. The highest BCUT2D eigenvalue weighted by Gasteiger charge is 2.30. The molecule has 0 aliphatic carbocycles. The molecule has 2 rings (SSSR count). The molecule has 0 aliphatic heterocycles. The second kappa shape index (κ2) is 12.2. The Bertz CT molecular complexity index is 700. The van der Waals surface area contributed by atoms with E-state index in [1.54, 1.807) is 28.7 Å². The summed E-state index contributed by atoms with van der Waals surface area (Å²) in [6.07, 6.45) is 0. The van der Waals surface area contributed by atoms with Crippen molar-refractivity contribution in [1.29, 1.82) is 0 Å². The Kier molecular flexibility index (Phi) is 10.3. The summed E-state index contributed by atoms with van der Waals surface area (Å²) in [7, 11) is 7.09. The van der Waals surface area contributed by atoms with E-state index in [-0.39, 0.29) is 4.86 Å². The van der Waals surface area contributed by atoms with Gasteiger partial charge in [-0.05, 0) is 54.1 Å². The van der Waals surface area contributed by atoms with Crippen LogP contribution in [0.2, 0.25) is 0 Å². The van der Waals surface area contributed by atoms with Gasteiger partial charge in [0.2, 0.25) is 0 Å². The molecule has 2 aromatic rings. The molecule has 0 saturated carbocycles. The average Bonchev–Trinajstić information content (AvgIpc) is 2.74. The molecule has 0 radical (unpaired) electrons. The zero-order valence-corrected chi connectivity index (χ0v) is 20.1. The molecule has 0 aromatic heterocycles. The van der Waals surface area contributed by atoms with Crippen LogP contribution in [0.5, 0.6) is 0 Å². The van der Waals surface area contributed by atoms with Crippen LogP contribution >= 0.6 is 37.5 Å². The Morgan fingerprint density at radius 2 is 1.43 bits per heavy atom. The topological polar surface area (TPSA) is 33.7 Å². The van der Waals surface area contributed by atoms with Crippen LogP contribution in [-0.2, 0) is 21.6 Å². The highest BCUT2D eigenvalue weighted by Crippen LogP contribution is 2.37. The Balaban J connectivity index is 1.81. The lowest BCUT2D eigenvalue weighted by atomic mass is 10.2. The van der Waals surface area contributed by atoms with Crippen LogP contribution in [0.3, 0.4) is 0 Å². The molecule has 0 saturated heterocycles. The van der Waals surface area contributed by atoms with Crippen LogP contribution in [0.4, 0.5) is 0 Å². The van der Waals surface area contributed by atoms with Crippen molar-refractivity contribution in [2.75, 3.05) is 27.2 Å². The van der Waals surface area contributed by atoms with E-state index in [2.05, 4.69) is 88.9 Å². The molecule has 0 bridgehead atoms. The number of hydrogen-bond acceptors (Lipinski definition) is 6. The number of nitrogens with zero attached hydrogens (tertiary/aromatic N) is 2. The second-order valence-electron chi connectivity index (χ2n) is 6.17. The zero-order valence-electron chi connectivity index (χ0n) is 16.9. The molecule has 0 heterocycles. The number of halogens is 1. The van der Waals surface area contributed by atoms with Gasteiger partial charge in [0.15, 0.2) is 0 Å². The van der Waals surface area contributed by atoms with Crippen LogP contribution in [0.15, 0.2) is 58.3 Å². The minimum atomic E-state index is 0.0748. The van der Waals surface area contributed by atoms with Crippen LogP contribution in [0.25, 0.3) is 0 Å². The van der Waals surface area contributed by atoms with Gasteiger partial charge in [0.25, 0.3) is 0 Å². The largest absolute Gasteiger partial charge is 0.247 e. The van der Waals surface area contributed by atoms with Crippen LogP contribution in [0.1, 0.15) is 25.0 Å². The second-order valence-corrected chi connectivity index (χ2v) is 9.01. The average molecular weight is 488 g/mol. The molecule has 1 N–H and O–H groups in total. The van der Waals surface area contributed by atoms with Gasteiger partial charge in [0, 0.05) is 20.7 Å². The third-order valence-electron chi connectivity index (χ3n) is 4.33. The Morgan fingerprint density at radius 3 is 1.86 bits per heavy atom. The number of hydroxylamine groups is 1. The summed E-state index contributed by atoms with van der Waals surface area (Å²) < 4.78 is 0. The molecule has 5 nitrogen and oxygen atoms in total. The first-order chi connectivity index (χ1) is 13.5. The van der Waals surface area contributed by atoms with Crippen LogP contribution in [-0.4, -0.2) is 37.1 Å². The maximum absolute atomic E-state index is 5.69. The van der Waals surface area contributed by atoms with E-state index in [0.29, 0.717) is 6.61 Å². The lowest BCUT2D eigenvalue weighted by Crippen LogP contribution is -2.64. The lowest BCUT2D eigenvalue weighted by molar-refractivity contribution is -1.22. The van der Waals surface area contributed by atoms with Crippen molar-refractivity contribution >= 4 is 37.5 Å². The maximum atomic E-state index is 5.69. The molecule has 1 unspecified atom stereocenters. The molecule has 1 atom stereocenters. The Hall–Kier alpha value is -0.580. The van der Waals surface area contributed by atoms with Gasteiger partial charge in [-0.25, -0.2) is 4.84 Å². The summed E-state index contributed by atoms with van der Waals surface area (Å²) in [5, 5.41) is 2.99. The molecule has 0 fully saturated rings. The van der Waals surface area contributed by atoms with Crippen molar-refractivity contribution in [1.82, 2.24) is 10.6 Å². The standard InChI is InChI=1S/C20H29BrN3O2S2/c1-5-23(6-2)24(3,25-4)22-26-16-18-9-13-20(14-10-18)28-27-19-11-7-17(15-21)8-12-19/h7-14,22H,5-6,15-16H2,1-4H3/q+1. The number of rotatable bonds is 12. The summed E-state index contributed by atoms with van der Waals surface area (Å²) in [6, 6.07) is 17.0. The van der Waals surface area contributed by atoms with E-state index in [1.165, 1.54) is 15.4 Å². The molecular weight excluding hydrogens is 458 g/mol. The summed E-state index contributed by atoms with van der Waals surface area (Å²) in [4.78, 5) is 13.8. The number of nitrogens with one attached hydrogen (secondary N) is 1. The van der Waals surface area contributed by atoms with Gasteiger partial charge in [-0.15, -0.1) is 5.01 Å². The molecule has 2 aromatic carbocycles.